The van der Waals surface area contributed by atoms with Crippen LogP contribution in [0, 0.1) is 40.9 Å². The smallest absolute Gasteiger partial charge is 0.323 e. The van der Waals surface area contributed by atoms with Gasteiger partial charge in [-0.05, 0) is 61.7 Å². The summed E-state index contributed by atoms with van der Waals surface area (Å²) in [7, 11) is 1.38. The molecule has 3 fully saturated rings. The van der Waals surface area contributed by atoms with Crippen LogP contribution in [-0.4, -0.2) is 25.7 Å². The van der Waals surface area contributed by atoms with Crippen molar-refractivity contribution in [1.82, 2.24) is 0 Å². The summed E-state index contributed by atoms with van der Waals surface area (Å²) in [4.78, 5) is 25.1. The minimum Gasteiger partial charge on any atom is -0.468 e. The van der Waals surface area contributed by atoms with Gasteiger partial charge in [-0.25, -0.2) is 0 Å². The maximum atomic E-state index is 12.6. The SMILES string of the molecule is CCOC(=O)C1(C(=O)OC)CC2CC1C1C3C=CC(C3)C21. The van der Waals surface area contributed by atoms with E-state index in [0.29, 0.717) is 42.6 Å². The first-order valence-corrected chi connectivity index (χ1v) is 8.07. The van der Waals surface area contributed by atoms with E-state index in [-0.39, 0.29) is 17.9 Å². The predicted octanol–water partition coefficient (Wildman–Crippen LogP) is 2.19. The monoisotopic (exact) mass is 290 g/mol. The van der Waals surface area contributed by atoms with Crippen molar-refractivity contribution in [2.24, 2.45) is 40.9 Å². The predicted molar refractivity (Wildman–Crippen MR) is 75.0 cm³/mol. The van der Waals surface area contributed by atoms with Gasteiger partial charge in [0.1, 0.15) is 0 Å². The van der Waals surface area contributed by atoms with Gasteiger partial charge in [0.2, 0.25) is 0 Å². The van der Waals surface area contributed by atoms with Gasteiger partial charge in [-0.2, -0.15) is 0 Å². The van der Waals surface area contributed by atoms with E-state index < -0.39 is 5.41 Å². The van der Waals surface area contributed by atoms with Crippen LogP contribution in [-0.2, 0) is 19.1 Å². The molecule has 0 spiro atoms. The number of carbonyl (C=O) groups is 2. The van der Waals surface area contributed by atoms with Gasteiger partial charge in [0, 0.05) is 0 Å². The third-order valence-electron chi connectivity index (χ3n) is 6.56. The van der Waals surface area contributed by atoms with Gasteiger partial charge in [0.25, 0.3) is 0 Å². The zero-order valence-corrected chi connectivity index (χ0v) is 12.6. The lowest BCUT2D eigenvalue weighted by Crippen LogP contribution is -2.50. The van der Waals surface area contributed by atoms with Gasteiger partial charge in [-0.1, -0.05) is 12.2 Å². The number of allylic oxidation sites excluding steroid dienone is 2. The molecule has 114 valence electrons. The van der Waals surface area contributed by atoms with E-state index in [1.807, 2.05) is 0 Å². The van der Waals surface area contributed by atoms with Crippen LogP contribution in [0.3, 0.4) is 0 Å². The van der Waals surface area contributed by atoms with Crippen LogP contribution >= 0.6 is 0 Å². The number of hydrogen-bond donors (Lipinski definition) is 0. The van der Waals surface area contributed by atoms with Crippen molar-refractivity contribution in [2.45, 2.75) is 26.2 Å². The number of esters is 2. The lowest BCUT2D eigenvalue weighted by atomic mass is 9.62. The molecule has 4 bridgehead atoms. The summed E-state index contributed by atoms with van der Waals surface area (Å²) in [6.07, 6.45) is 7.48. The lowest BCUT2D eigenvalue weighted by Gasteiger charge is -2.41. The molecule has 0 aromatic heterocycles. The van der Waals surface area contributed by atoms with E-state index in [1.54, 1.807) is 6.92 Å². The molecule has 4 aliphatic rings. The second-order valence-electron chi connectivity index (χ2n) is 7.09. The fraction of sp³-hybridized carbons (Fsp3) is 0.765. The number of ether oxygens (including phenoxy) is 2. The highest BCUT2D eigenvalue weighted by Gasteiger charge is 2.72. The second-order valence-corrected chi connectivity index (χ2v) is 7.09. The Labute approximate surface area is 124 Å². The summed E-state index contributed by atoms with van der Waals surface area (Å²) in [5.74, 6) is 2.23. The van der Waals surface area contributed by atoms with E-state index in [9.17, 15) is 9.59 Å². The van der Waals surface area contributed by atoms with E-state index in [2.05, 4.69) is 12.2 Å². The molecule has 7 atom stereocenters. The van der Waals surface area contributed by atoms with E-state index >= 15 is 0 Å². The van der Waals surface area contributed by atoms with Crippen molar-refractivity contribution in [1.29, 1.82) is 0 Å². The van der Waals surface area contributed by atoms with Crippen LogP contribution < -0.4 is 0 Å². The van der Waals surface area contributed by atoms with Crippen molar-refractivity contribution >= 4 is 11.9 Å². The van der Waals surface area contributed by atoms with Gasteiger partial charge >= 0.3 is 11.9 Å². The molecule has 0 aromatic carbocycles. The zero-order chi connectivity index (χ0) is 14.8. The Bertz CT molecular complexity index is 525. The van der Waals surface area contributed by atoms with Gasteiger partial charge < -0.3 is 9.47 Å². The molecule has 4 heteroatoms. The standard InChI is InChI=1S/C17H22O4/c1-3-21-16(19)17(15(18)20-2)8-11-7-12(17)14-10-5-4-9(6-10)13(11)14/h4-5,9-14H,3,6-8H2,1-2H3. The minimum atomic E-state index is -1.03. The molecule has 0 aliphatic heterocycles. The summed E-state index contributed by atoms with van der Waals surface area (Å²) in [5.41, 5.74) is -1.03. The molecule has 4 nitrogen and oxygen atoms in total. The number of methoxy groups -OCH3 is 1. The normalized spacial score (nSPS) is 48.5. The highest BCUT2D eigenvalue weighted by atomic mass is 16.6. The highest BCUT2D eigenvalue weighted by molar-refractivity contribution is 6.01. The summed E-state index contributed by atoms with van der Waals surface area (Å²) >= 11 is 0. The molecule has 0 heterocycles. The number of carbonyl (C=O) groups excluding carboxylic acids is 2. The molecule has 0 amide bonds. The first-order chi connectivity index (χ1) is 10.1. The van der Waals surface area contributed by atoms with Crippen molar-refractivity contribution in [3.63, 3.8) is 0 Å². The van der Waals surface area contributed by atoms with E-state index in [0.717, 1.165) is 6.42 Å². The van der Waals surface area contributed by atoms with Crippen molar-refractivity contribution in [2.75, 3.05) is 13.7 Å². The van der Waals surface area contributed by atoms with E-state index in [1.165, 1.54) is 13.5 Å². The van der Waals surface area contributed by atoms with Crippen LogP contribution in [0.25, 0.3) is 0 Å². The maximum Gasteiger partial charge on any atom is 0.323 e. The third kappa shape index (κ3) is 1.46. The quantitative estimate of drug-likeness (QED) is 0.346. The Balaban J connectivity index is 1.73. The maximum absolute atomic E-state index is 12.6. The molecular formula is C17H22O4. The highest BCUT2D eigenvalue weighted by Crippen LogP contribution is 2.70. The molecule has 21 heavy (non-hydrogen) atoms. The van der Waals surface area contributed by atoms with Crippen molar-refractivity contribution < 1.29 is 19.1 Å². The number of rotatable bonds is 3. The molecule has 3 saturated carbocycles. The second kappa shape index (κ2) is 4.34. The molecule has 0 saturated heterocycles. The summed E-state index contributed by atoms with van der Waals surface area (Å²) in [6.45, 7) is 2.11. The average molecular weight is 290 g/mol. The van der Waals surface area contributed by atoms with Crippen LogP contribution in [0.15, 0.2) is 12.2 Å². The van der Waals surface area contributed by atoms with Crippen molar-refractivity contribution in [3.8, 4) is 0 Å². The van der Waals surface area contributed by atoms with Gasteiger partial charge in [-0.15, -0.1) is 0 Å². The van der Waals surface area contributed by atoms with Crippen molar-refractivity contribution in [3.05, 3.63) is 12.2 Å². The lowest BCUT2D eigenvalue weighted by molar-refractivity contribution is -0.178. The minimum absolute atomic E-state index is 0.110. The summed E-state index contributed by atoms with van der Waals surface area (Å²) < 4.78 is 10.3. The van der Waals surface area contributed by atoms with Crippen LogP contribution in [0.1, 0.15) is 26.2 Å². The fourth-order valence-corrected chi connectivity index (χ4v) is 6.08. The molecular weight excluding hydrogens is 268 g/mol. The first-order valence-electron chi connectivity index (χ1n) is 8.07. The molecule has 0 aromatic rings. The van der Waals surface area contributed by atoms with Crippen LogP contribution in [0.2, 0.25) is 0 Å². The Morgan fingerprint density at radius 3 is 2.52 bits per heavy atom. The number of fused-ring (bicyclic) bond motifs is 9. The van der Waals surface area contributed by atoms with Crippen LogP contribution in [0.4, 0.5) is 0 Å². The van der Waals surface area contributed by atoms with E-state index in [4.69, 9.17) is 9.47 Å². The van der Waals surface area contributed by atoms with Gasteiger partial charge in [0.05, 0.1) is 13.7 Å². The summed E-state index contributed by atoms with van der Waals surface area (Å²) in [6, 6.07) is 0. The largest absolute Gasteiger partial charge is 0.468 e. The Morgan fingerprint density at radius 2 is 1.86 bits per heavy atom. The molecule has 0 N–H and O–H groups in total. The van der Waals surface area contributed by atoms with Gasteiger partial charge in [0.15, 0.2) is 5.41 Å². The summed E-state index contributed by atoms with van der Waals surface area (Å²) in [5, 5.41) is 0. The molecule has 4 aliphatic carbocycles. The topological polar surface area (TPSA) is 52.6 Å². The number of hydrogen-bond acceptors (Lipinski definition) is 4. The fourth-order valence-electron chi connectivity index (χ4n) is 6.08. The average Bonchev–Trinajstić information content (AvgIpc) is 3.23. The van der Waals surface area contributed by atoms with Gasteiger partial charge in [-0.3, -0.25) is 9.59 Å². The Hall–Kier alpha value is -1.32. The first kappa shape index (κ1) is 13.4. The Morgan fingerprint density at radius 1 is 1.14 bits per heavy atom. The van der Waals surface area contributed by atoms with Crippen LogP contribution in [0.5, 0.6) is 0 Å². The third-order valence-corrected chi connectivity index (χ3v) is 6.56. The molecule has 4 rings (SSSR count). The molecule has 7 unspecified atom stereocenters. The molecule has 0 radical (unpaired) electrons. The zero-order valence-electron chi connectivity index (χ0n) is 12.6. The Kier molecular flexibility index (Phi) is 2.76.